The van der Waals surface area contributed by atoms with Crippen LogP contribution in [-0.4, -0.2) is 39.9 Å². The Morgan fingerprint density at radius 2 is 2.11 bits per heavy atom. The molecule has 19 heavy (non-hydrogen) atoms. The Kier molecular flexibility index (Phi) is 4.35. The summed E-state index contributed by atoms with van der Waals surface area (Å²) in [6.07, 6.45) is 3.10. The highest BCUT2D eigenvalue weighted by Gasteiger charge is 2.23. The van der Waals surface area contributed by atoms with Crippen LogP contribution in [0.15, 0.2) is 6.07 Å². The van der Waals surface area contributed by atoms with Crippen LogP contribution in [0.25, 0.3) is 0 Å². The average Bonchev–Trinajstić information content (AvgIpc) is 2.90. The zero-order valence-corrected chi connectivity index (χ0v) is 11.9. The van der Waals surface area contributed by atoms with Gasteiger partial charge in [-0.05, 0) is 33.1 Å². The van der Waals surface area contributed by atoms with E-state index in [1.807, 2.05) is 24.8 Å². The number of aryl methyl sites for hydroxylation is 2. The molecule has 1 N–H and O–H groups in total. The fourth-order valence-electron chi connectivity index (χ4n) is 2.38. The Bertz CT molecular complexity index is 455. The molecule has 2 heterocycles. The van der Waals surface area contributed by atoms with Gasteiger partial charge >= 0.3 is 0 Å². The lowest BCUT2D eigenvalue weighted by molar-refractivity contribution is -0.130. The molecule has 0 saturated carbocycles. The van der Waals surface area contributed by atoms with Gasteiger partial charge in [0.05, 0.1) is 0 Å². The predicted molar refractivity (Wildman–Crippen MR) is 75.0 cm³/mol. The molecule has 5 nitrogen and oxygen atoms in total. The lowest BCUT2D eigenvalue weighted by atomic mass is 10.2. The van der Waals surface area contributed by atoms with Crippen molar-refractivity contribution in [2.45, 2.75) is 46.1 Å². The molecular formula is C14H22N4O. The summed E-state index contributed by atoms with van der Waals surface area (Å²) < 4.78 is 0. The van der Waals surface area contributed by atoms with Gasteiger partial charge in [0.15, 0.2) is 0 Å². The minimum atomic E-state index is -0.239. The minimum Gasteiger partial charge on any atom is -0.359 e. The fraction of sp³-hybridized carbons (Fsp3) is 0.643. The van der Waals surface area contributed by atoms with Crippen LogP contribution in [0, 0.1) is 6.92 Å². The van der Waals surface area contributed by atoms with Crippen molar-refractivity contribution in [1.29, 1.82) is 0 Å². The summed E-state index contributed by atoms with van der Waals surface area (Å²) in [6.45, 7) is 7.59. The highest BCUT2D eigenvalue weighted by Crippen LogP contribution is 2.13. The quantitative estimate of drug-likeness (QED) is 0.898. The van der Waals surface area contributed by atoms with E-state index in [2.05, 4.69) is 22.2 Å². The first-order chi connectivity index (χ1) is 9.10. The van der Waals surface area contributed by atoms with Gasteiger partial charge in [0.25, 0.3) is 0 Å². The van der Waals surface area contributed by atoms with E-state index in [1.165, 1.54) is 0 Å². The monoisotopic (exact) mass is 262 g/mol. The van der Waals surface area contributed by atoms with Gasteiger partial charge in [-0.3, -0.25) is 4.79 Å². The van der Waals surface area contributed by atoms with Gasteiger partial charge in [0, 0.05) is 24.8 Å². The molecule has 0 radical (unpaired) electrons. The van der Waals surface area contributed by atoms with Crippen molar-refractivity contribution < 1.29 is 4.79 Å². The maximum Gasteiger partial charge on any atom is 0.244 e. The standard InChI is InChI=1S/C14H22N4O/c1-4-12-9-13(17-11(3)16-12)15-10(2)14(19)18-7-5-6-8-18/h9-10H,4-8H2,1-3H3,(H,15,16,17). The van der Waals surface area contributed by atoms with Crippen LogP contribution >= 0.6 is 0 Å². The van der Waals surface area contributed by atoms with Crippen molar-refractivity contribution in [3.63, 3.8) is 0 Å². The first-order valence-electron chi connectivity index (χ1n) is 7.00. The number of nitrogens with one attached hydrogen (secondary N) is 1. The lowest BCUT2D eigenvalue weighted by Gasteiger charge is -2.21. The summed E-state index contributed by atoms with van der Waals surface area (Å²) in [4.78, 5) is 22.8. The van der Waals surface area contributed by atoms with Gasteiger partial charge < -0.3 is 10.2 Å². The second-order valence-corrected chi connectivity index (χ2v) is 5.04. The molecule has 1 atom stereocenters. The minimum absolute atomic E-state index is 0.159. The van der Waals surface area contributed by atoms with E-state index in [-0.39, 0.29) is 11.9 Å². The Balaban J connectivity index is 2.03. The highest BCUT2D eigenvalue weighted by atomic mass is 16.2. The number of likely N-dealkylation sites (tertiary alicyclic amines) is 1. The second kappa shape index (κ2) is 5.99. The third-order valence-corrected chi connectivity index (χ3v) is 3.41. The van der Waals surface area contributed by atoms with Gasteiger partial charge in [-0.25, -0.2) is 9.97 Å². The summed E-state index contributed by atoms with van der Waals surface area (Å²) >= 11 is 0. The van der Waals surface area contributed by atoms with Crippen molar-refractivity contribution in [3.8, 4) is 0 Å². The first kappa shape index (κ1) is 13.8. The van der Waals surface area contributed by atoms with Crippen LogP contribution in [0.3, 0.4) is 0 Å². The van der Waals surface area contributed by atoms with Gasteiger partial charge in [0.2, 0.25) is 5.91 Å². The van der Waals surface area contributed by atoms with Crippen LogP contribution < -0.4 is 5.32 Å². The number of rotatable bonds is 4. The zero-order chi connectivity index (χ0) is 13.8. The number of hydrogen-bond donors (Lipinski definition) is 1. The molecule has 0 aliphatic carbocycles. The van der Waals surface area contributed by atoms with E-state index < -0.39 is 0 Å². The lowest BCUT2D eigenvalue weighted by Crippen LogP contribution is -2.39. The van der Waals surface area contributed by atoms with E-state index in [9.17, 15) is 4.79 Å². The molecule has 1 aliphatic rings. The van der Waals surface area contributed by atoms with Crippen molar-refractivity contribution in [1.82, 2.24) is 14.9 Å². The molecular weight excluding hydrogens is 240 g/mol. The maximum atomic E-state index is 12.2. The second-order valence-electron chi connectivity index (χ2n) is 5.04. The van der Waals surface area contributed by atoms with Crippen molar-refractivity contribution >= 4 is 11.7 Å². The summed E-state index contributed by atoms with van der Waals surface area (Å²) in [5.41, 5.74) is 0.996. The average molecular weight is 262 g/mol. The third-order valence-electron chi connectivity index (χ3n) is 3.41. The van der Waals surface area contributed by atoms with Gasteiger partial charge in [-0.2, -0.15) is 0 Å². The first-order valence-corrected chi connectivity index (χ1v) is 7.00. The van der Waals surface area contributed by atoms with Crippen molar-refractivity contribution in [3.05, 3.63) is 17.6 Å². The molecule has 2 rings (SSSR count). The molecule has 1 unspecified atom stereocenters. The van der Waals surface area contributed by atoms with Gasteiger partial charge in [0.1, 0.15) is 17.7 Å². The van der Waals surface area contributed by atoms with Crippen molar-refractivity contribution in [2.24, 2.45) is 0 Å². The Labute approximate surface area is 114 Å². The summed E-state index contributed by atoms with van der Waals surface area (Å²) in [6, 6.07) is 1.68. The van der Waals surface area contributed by atoms with Crippen LogP contribution in [0.4, 0.5) is 5.82 Å². The van der Waals surface area contributed by atoms with E-state index in [4.69, 9.17) is 0 Å². The Hall–Kier alpha value is -1.65. The predicted octanol–water partition coefficient (Wildman–Crippen LogP) is 1.77. The zero-order valence-electron chi connectivity index (χ0n) is 11.9. The molecule has 5 heteroatoms. The summed E-state index contributed by atoms with van der Waals surface area (Å²) in [7, 11) is 0. The van der Waals surface area contributed by atoms with Crippen LogP contribution in [-0.2, 0) is 11.2 Å². The summed E-state index contributed by atoms with van der Waals surface area (Å²) in [5, 5.41) is 3.19. The Morgan fingerprint density at radius 3 is 2.74 bits per heavy atom. The summed E-state index contributed by atoms with van der Waals surface area (Å²) in [5.74, 6) is 1.64. The number of hydrogen-bond acceptors (Lipinski definition) is 4. The van der Waals surface area contributed by atoms with E-state index in [0.717, 1.165) is 49.7 Å². The number of carbonyl (C=O) groups excluding carboxylic acids is 1. The molecule has 1 fully saturated rings. The third kappa shape index (κ3) is 3.43. The fourth-order valence-corrected chi connectivity index (χ4v) is 2.38. The molecule has 1 aromatic heterocycles. The molecule has 1 aromatic rings. The normalized spacial score (nSPS) is 16.5. The van der Waals surface area contributed by atoms with Gasteiger partial charge in [-0.15, -0.1) is 0 Å². The maximum absolute atomic E-state index is 12.2. The highest BCUT2D eigenvalue weighted by molar-refractivity contribution is 5.84. The van der Waals surface area contributed by atoms with E-state index >= 15 is 0 Å². The van der Waals surface area contributed by atoms with Gasteiger partial charge in [-0.1, -0.05) is 6.92 Å². The molecule has 1 amide bonds. The molecule has 0 aromatic carbocycles. The molecule has 1 aliphatic heterocycles. The SMILES string of the molecule is CCc1cc(NC(C)C(=O)N2CCCC2)nc(C)n1. The largest absolute Gasteiger partial charge is 0.359 e. The van der Waals surface area contributed by atoms with E-state index in [1.54, 1.807) is 0 Å². The van der Waals surface area contributed by atoms with Crippen LogP contribution in [0.2, 0.25) is 0 Å². The topological polar surface area (TPSA) is 58.1 Å². The van der Waals surface area contributed by atoms with Crippen LogP contribution in [0.5, 0.6) is 0 Å². The number of carbonyl (C=O) groups is 1. The molecule has 0 spiro atoms. The molecule has 1 saturated heterocycles. The number of anilines is 1. The molecule has 104 valence electrons. The number of nitrogens with zero attached hydrogens (tertiary/aromatic N) is 3. The number of aromatic nitrogens is 2. The smallest absolute Gasteiger partial charge is 0.244 e. The van der Waals surface area contributed by atoms with Crippen molar-refractivity contribution in [2.75, 3.05) is 18.4 Å². The number of amides is 1. The Morgan fingerprint density at radius 1 is 1.42 bits per heavy atom. The van der Waals surface area contributed by atoms with E-state index in [0.29, 0.717) is 0 Å². The van der Waals surface area contributed by atoms with Crippen LogP contribution in [0.1, 0.15) is 38.2 Å². The molecule has 0 bridgehead atoms.